The number of anilines is 1. The summed E-state index contributed by atoms with van der Waals surface area (Å²) in [5.74, 6) is 0. The summed E-state index contributed by atoms with van der Waals surface area (Å²) < 4.78 is 32.2. The second-order valence-electron chi connectivity index (χ2n) is 3.74. The van der Waals surface area contributed by atoms with Crippen LogP contribution in [0.1, 0.15) is 0 Å². The Balaban J connectivity index is 0.00000200. The molecule has 2 aromatic carbocycles. The molecule has 2 rings (SSSR count). The third kappa shape index (κ3) is 4.69. The summed E-state index contributed by atoms with van der Waals surface area (Å²) in [6.45, 7) is 0. The number of benzene rings is 2. The second-order valence-corrected chi connectivity index (χ2v) is 5.12. The molecule has 0 saturated heterocycles. The largest absolute Gasteiger partial charge is 1.00 e. The van der Waals surface area contributed by atoms with Crippen LogP contribution in [0.2, 0.25) is 0 Å². The summed E-state index contributed by atoms with van der Waals surface area (Å²) >= 11 is 0. The van der Waals surface area contributed by atoms with Crippen molar-refractivity contribution in [3.8, 4) is 0 Å². The number of nitrogen functional groups attached to an aromatic ring is 1. The smallest absolute Gasteiger partial charge is 0.744 e. The predicted molar refractivity (Wildman–Crippen MR) is 69.4 cm³/mol. The van der Waals surface area contributed by atoms with Crippen LogP contribution in [-0.2, 0) is 10.1 Å². The van der Waals surface area contributed by atoms with Gasteiger partial charge < -0.3 is 10.3 Å². The Morgan fingerprint density at radius 1 is 0.850 bits per heavy atom. The number of azo groups is 1. The second kappa shape index (κ2) is 6.96. The van der Waals surface area contributed by atoms with Gasteiger partial charge in [0, 0.05) is 5.69 Å². The van der Waals surface area contributed by atoms with E-state index in [2.05, 4.69) is 10.2 Å². The van der Waals surface area contributed by atoms with Crippen LogP contribution in [0.15, 0.2) is 63.7 Å². The predicted octanol–water partition coefficient (Wildman–Crippen LogP) is -0.408. The minimum Gasteiger partial charge on any atom is -0.744 e. The molecule has 0 fully saturated rings. The van der Waals surface area contributed by atoms with Gasteiger partial charge in [0.15, 0.2) is 0 Å². The van der Waals surface area contributed by atoms with Crippen molar-refractivity contribution in [1.82, 2.24) is 0 Å². The molecular weight excluding hydrogens is 289 g/mol. The summed E-state index contributed by atoms with van der Waals surface area (Å²) in [7, 11) is -4.43. The third-order valence-corrected chi connectivity index (χ3v) is 3.15. The van der Waals surface area contributed by atoms with Gasteiger partial charge in [-0.15, -0.1) is 0 Å². The van der Waals surface area contributed by atoms with Crippen molar-refractivity contribution in [3.05, 3.63) is 48.5 Å². The van der Waals surface area contributed by atoms with Crippen LogP contribution in [0.5, 0.6) is 0 Å². The van der Waals surface area contributed by atoms with Crippen LogP contribution in [0.3, 0.4) is 0 Å². The van der Waals surface area contributed by atoms with Crippen LogP contribution >= 0.6 is 0 Å². The minimum atomic E-state index is -4.43. The van der Waals surface area contributed by atoms with E-state index < -0.39 is 10.1 Å². The minimum absolute atomic E-state index is 0. The average Bonchev–Trinajstić information content (AvgIpc) is 2.37. The summed E-state index contributed by atoms with van der Waals surface area (Å²) in [4.78, 5) is -0.293. The Morgan fingerprint density at radius 2 is 1.25 bits per heavy atom. The van der Waals surface area contributed by atoms with Crippen LogP contribution in [0.4, 0.5) is 17.1 Å². The molecule has 0 unspecified atom stereocenters. The SMILES string of the molecule is Nc1ccc(/N=N/c2ccc(S(=O)(=O)[O-])cc2)cc1.[Na+]. The molecule has 6 nitrogen and oxygen atoms in total. The Labute approximate surface area is 138 Å². The molecule has 0 spiro atoms. The van der Waals surface area contributed by atoms with Crippen molar-refractivity contribution < 1.29 is 42.5 Å². The first-order chi connectivity index (χ1) is 8.95. The van der Waals surface area contributed by atoms with Crippen molar-refractivity contribution >= 4 is 27.2 Å². The summed E-state index contributed by atoms with van der Waals surface area (Å²) in [5.41, 5.74) is 7.23. The molecule has 2 N–H and O–H groups in total. The molecule has 0 atom stereocenters. The zero-order chi connectivity index (χ0) is 13.9. The van der Waals surface area contributed by atoms with Gasteiger partial charge in [-0.1, -0.05) is 0 Å². The zero-order valence-corrected chi connectivity index (χ0v) is 13.5. The van der Waals surface area contributed by atoms with Gasteiger partial charge in [-0.2, -0.15) is 10.2 Å². The summed E-state index contributed by atoms with van der Waals surface area (Å²) in [5, 5.41) is 7.87. The van der Waals surface area contributed by atoms with Crippen LogP contribution in [0.25, 0.3) is 0 Å². The first-order valence-corrected chi connectivity index (χ1v) is 6.69. The van der Waals surface area contributed by atoms with Crippen molar-refractivity contribution in [2.45, 2.75) is 4.90 Å². The van der Waals surface area contributed by atoms with Gasteiger partial charge in [0.1, 0.15) is 10.1 Å². The maximum atomic E-state index is 10.7. The van der Waals surface area contributed by atoms with Gasteiger partial charge in [0.05, 0.1) is 16.3 Å². The molecule has 0 bridgehead atoms. The molecule has 0 heterocycles. The summed E-state index contributed by atoms with van der Waals surface area (Å²) in [6.07, 6.45) is 0. The molecule has 0 aliphatic carbocycles. The Kier molecular flexibility index (Phi) is 5.85. The van der Waals surface area contributed by atoms with E-state index in [0.717, 1.165) is 0 Å². The molecule has 0 radical (unpaired) electrons. The monoisotopic (exact) mass is 299 g/mol. The maximum absolute atomic E-state index is 10.7. The summed E-state index contributed by atoms with van der Waals surface area (Å²) in [6, 6.07) is 12.0. The molecule has 0 amide bonds. The Hall–Kier alpha value is -1.25. The van der Waals surface area contributed by atoms with Gasteiger partial charge in [0.25, 0.3) is 0 Å². The standard InChI is InChI=1S/C12H11N3O3S.Na/c13-9-1-3-10(4-2-9)14-15-11-5-7-12(8-6-11)19(16,17)18;/h1-8H,13H2,(H,16,17,18);/q;+1/p-1/b15-14+;. The topological polar surface area (TPSA) is 108 Å². The molecule has 0 aliphatic heterocycles. The van der Waals surface area contributed by atoms with Crippen LogP contribution in [0, 0.1) is 0 Å². The number of nitrogens with two attached hydrogens (primary N) is 1. The normalized spacial score (nSPS) is 11.2. The van der Waals surface area contributed by atoms with Crippen molar-refractivity contribution in [1.29, 1.82) is 0 Å². The van der Waals surface area contributed by atoms with Gasteiger partial charge in [-0.3, -0.25) is 0 Å². The Morgan fingerprint density at radius 3 is 1.65 bits per heavy atom. The van der Waals surface area contributed by atoms with E-state index in [4.69, 9.17) is 5.73 Å². The average molecular weight is 299 g/mol. The van der Waals surface area contributed by atoms with E-state index in [9.17, 15) is 13.0 Å². The van der Waals surface area contributed by atoms with E-state index in [0.29, 0.717) is 17.1 Å². The maximum Gasteiger partial charge on any atom is 1.00 e. The first-order valence-electron chi connectivity index (χ1n) is 5.28. The van der Waals surface area contributed by atoms with E-state index in [-0.39, 0.29) is 34.5 Å². The van der Waals surface area contributed by atoms with E-state index in [1.165, 1.54) is 24.3 Å². The number of hydrogen-bond acceptors (Lipinski definition) is 6. The number of nitrogens with zero attached hydrogens (tertiary/aromatic N) is 2. The number of rotatable bonds is 3. The number of hydrogen-bond donors (Lipinski definition) is 1. The fourth-order valence-corrected chi connectivity index (χ4v) is 1.81. The van der Waals surface area contributed by atoms with E-state index in [1.807, 2.05) is 0 Å². The van der Waals surface area contributed by atoms with Crippen molar-refractivity contribution in [3.63, 3.8) is 0 Å². The van der Waals surface area contributed by atoms with Crippen molar-refractivity contribution in [2.24, 2.45) is 10.2 Å². The Bertz CT molecular complexity index is 698. The van der Waals surface area contributed by atoms with Crippen molar-refractivity contribution in [2.75, 3.05) is 5.73 Å². The quantitative estimate of drug-likeness (QED) is 0.360. The van der Waals surface area contributed by atoms with Crippen LogP contribution in [-0.4, -0.2) is 13.0 Å². The van der Waals surface area contributed by atoms with Crippen LogP contribution < -0.4 is 35.3 Å². The fraction of sp³-hybridized carbons (Fsp3) is 0. The van der Waals surface area contributed by atoms with Gasteiger partial charge in [-0.05, 0) is 48.5 Å². The fourth-order valence-electron chi connectivity index (χ4n) is 1.34. The first kappa shape index (κ1) is 16.8. The van der Waals surface area contributed by atoms with Gasteiger partial charge in [0.2, 0.25) is 0 Å². The molecule has 0 saturated carbocycles. The van der Waals surface area contributed by atoms with Gasteiger partial charge >= 0.3 is 29.6 Å². The molecule has 8 heteroatoms. The van der Waals surface area contributed by atoms with Gasteiger partial charge in [-0.25, -0.2) is 8.42 Å². The molecule has 0 aromatic heterocycles. The van der Waals surface area contributed by atoms with E-state index >= 15 is 0 Å². The molecule has 0 aliphatic rings. The molecule has 98 valence electrons. The van der Waals surface area contributed by atoms with E-state index in [1.54, 1.807) is 24.3 Å². The third-order valence-electron chi connectivity index (χ3n) is 2.30. The molecule has 2 aromatic rings. The zero-order valence-electron chi connectivity index (χ0n) is 10.7. The molecule has 20 heavy (non-hydrogen) atoms. The molecular formula is C12H10N3NaO3S.